The van der Waals surface area contributed by atoms with E-state index in [4.69, 9.17) is 0 Å². The molecule has 0 spiro atoms. The van der Waals surface area contributed by atoms with Gasteiger partial charge >= 0.3 is 0 Å². The molecule has 0 radical (unpaired) electrons. The molecular formula is C16H15FN2O. The van der Waals surface area contributed by atoms with Gasteiger partial charge < -0.3 is 10.6 Å². The summed E-state index contributed by atoms with van der Waals surface area (Å²) in [6.45, 7) is 1.77. The third-order valence-electron chi connectivity index (χ3n) is 3.53. The van der Waals surface area contributed by atoms with Crippen LogP contribution in [0.3, 0.4) is 0 Å². The molecule has 0 saturated carbocycles. The molecule has 2 aromatic rings. The van der Waals surface area contributed by atoms with Crippen molar-refractivity contribution < 1.29 is 9.18 Å². The van der Waals surface area contributed by atoms with Crippen LogP contribution in [0.15, 0.2) is 42.5 Å². The average Bonchev–Trinajstić information content (AvgIpc) is 2.86. The van der Waals surface area contributed by atoms with Crippen LogP contribution in [-0.4, -0.2) is 11.9 Å². The van der Waals surface area contributed by atoms with E-state index in [1.165, 1.54) is 12.1 Å². The number of hydrogen-bond donors (Lipinski definition) is 2. The summed E-state index contributed by atoms with van der Waals surface area (Å²) >= 11 is 0. The number of para-hydroxylation sites is 1. The Kier molecular flexibility index (Phi) is 3.14. The molecule has 0 aromatic heterocycles. The summed E-state index contributed by atoms with van der Waals surface area (Å²) in [6.07, 6.45) is 0.669. The number of carbonyl (C=O) groups excluding carboxylic acids is 1. The number of halogens is 1. The number of benzene rings is 2. The van der Waals surface area contributed by atoms with Crippen LogP contribution in [-0.2, 0) is 11.2 Å². The lowest BCUT2D eigenvalue weighted by atomic mass is 10.1. The molecule has 1 amide bonds. The molecule has 1 atom stereocenters. The zero-order valence-corrected chi connectivity index (χ0v) is 11.1. The summed E-state index contributed by atoms with van der Waals surface area (Å²) in [4.78, 5) is 12.3. The van der Waals surface area contributed by atoms with Crippen LogP contribution in [0.4, 0.5) is 15.8 Å². The molecule has 0 fully saturated rings. The normalized spacial score (nSPS) is 16.4. The van der Waals surface area contributed by atoms with E-state index in [1.54, 1.807) is 13.0 Å². The smallest absolute Gasteiger partial charge is 0.247 e. The van der Waals surface area contributed by atoms with Crippen molar-refractivity contribution in [2.24, 2.45) is 0 Å². The second-order valence-corrected chi connectivity index (χ2v) is 5.01. The van der Waals surface area contributed by atoms with E-state index in [9.17, 15) is 9.18 Å². The van der Waals surface area contributed by atoms with E-state index in [0.29, 0.717) is 17.7 Å². The quantitative estimate of drug-likeness (QED) is 0.880. The molecule has 0 aliphatic carbocycles. The van der Waals surface area contributed by atoms with E-state index in [2.05, 4.69) is 10.6 Å². The Bertz CT molecular complexity index is 644. The molecule has 1 aliphatic heterocycles. The molecule has 0 bridgehead atoms. The SMILES string of the molecule is Cc1cc(F)ccc1NC(=O)C1Cc2ccccc2N1. The third kappa shape index (κ3) is 2.37. The maximum absolute atomic E-state index is 13.0. The maximum atomic E-state index is 13.0. The van der Waals surface area contributed by atoms with Crippen LogP contribution in [0.5, 0.6) is 0 Å². The highest BCUT2D eigenvalue weighted by atomic mass is 19.1. The minimum absolute atomic E-state index is 0.101. The number of aryl methyl sites for hydroxylation is 1. The molecular weight excluding hydrogens is 255 g/mol. The zero-order valence-electron chi connectivity index (χ0n) is 11.1. The van der Waals surface area contributed by atoms with Crippen molar-refractivity contribution in [2.45, 2.75) is 19.4 Å². The van der Waals surface area contributed by atoms with Gasteiger partial charge in [0.1, 0.15) is 11.9 Å². The molecule has 4 heteroatoms. The summed E-state index contributed by atoms with van der Waals surface area (Å²) < 4.78 is 13.0. The number of anilines is 2. The van der Waals surface area contributed by atoms with Gasteiger partial charge in [-0.2, -0.15) is 0 Å². The average molecular weight is 270 g/mol. The first-order chi connectivity index (χ1) is 9.63. The Hall–Kier alpha value is -2.36. The maximum Gasteiger partial charge on any atom is 0.247 e. The van der Waals surface area contributed by atoms with Crippen molar-refractivity contribution >= 4 is 17.3 Å². The molecule has 3 rings (SSSR count). The first kappa shape index (κ1) is 12.7. The van der Waals surface area contributed by atoms with Gasteiger partial charge in [-0.3, -0.25) is 4.79 Å². The second kappa shape index (κ2) is 4.96. The molecule has 1 aliphatic rings. The number of amides is 1. The van der Waals surface area contributed by atoms with Crippen LogP contribution in [0.25, 0.3) is 0 Å². The molecule has 2 N–H and O–H groups in total. The van der Waals surface area contributed by atoms with Gasteiger partial charge in [-0.1, -0.05) is 18.2 Å². The van der Waals surface area contributed by atoms with E-state index >= 15 is 0 Å². The molecule has 2 aromatic carbocycles. The summed E-state index contributed by atoms with van der Waals surface area (Å²) in [6, 6.07) is 11.9. The van der Waals surface area contributed by atoms with Gasteiger partial charge in [0.05, 0.1) is 0 Å². The van der Waals surface area contributed by atoms with Gasteiger partial charge in [0.2, 0.25) is 5.91 Å². The number of nitrogens with one attached hydrogen (secondary N) is 2. The van der Waals surface area contributed by atoms with Gasteiger partial charge in [-0.25, -0.2) is 4.39 Å². The van der Waals surface area contributed by atoms with Crippen LogP contribution >= 0.6 is 0 Å². The minimum Gasteiger partial charge on any atom is -0.373 e. The first-order valence-corrected chi connectivity index (χ1v) is 6.55. The molecule has 1 unspecified atom stereocenters. The third-order valence-corrected chi connectivity index (χ3v) is 3.53. The van der Waals surface area contributed by atoms with Crippen LogP contribution in [0.2, 0.25) is 0 Å². The standard InChI is InChI=1S/C16H15FN2O/c1-10-8-12(17)6-7-13(10)19-16(20)15-9-11-4-2-3-5-14(11)18-15/h2-8,15,18H,9H2,1H3,(H,19,20). The van der Waals surface area contributed by atoms with Crippen molar-refractivity contribution in [3.63, 3.8) is 0 Å². The summed E-state index contributed by atoms with van der Waals surface area (Å²) in [5, 5.41) is 6.05. The predicted molar refractivity (Wildman–Crippen MR) is 77.3 cm³/mol. The molecule has 102 valence electrons. The zero-order chi connectivity index (χ0) is 14.1. The number of hydrogen-bond acceptors (Lipinski definition) is 2. The van der Waals surface area contributed by atoms with Gasteiger partial charge in [-0.15, -0.1) is 0 Å². The van der Waals surface area contributed by atoms with Crippen LogP contribution < -0.4 is 10.6 Å². The van der Waals surface area contributed by atoms with E-state index < -0.39 is 0 Å². The molecule has 3 nitrogen and oxygen atoms in total. The van der Waals surface area contributed by atoms with E-state index in [0.717, 1.165) is 11.3 Å². The fourth-order valence-electron chi connectivity index (χ4n) is 2.44. The minimum atomic E-state index is -0.299. The van der Waals surface area contributed by atoms with Gasteiger partial charge in [0, 0.05) is 17.8 Å². The van der Waals surface area contributed by atoms with Crippen LogP contribution in [0, 0.1) is 12.7 Å². The molecule has 20 heavy (non-hydrogen) atoms. The van der Waals surface area contributed by atoms with E-state index in [1.807, 2.05) is 24.3 Å². The van der Waals surface area contributed by atoms with Crippen molar-refractivity contribution in [3.8, 4) is 0 Å². The lowest BCUT2D eigenvalue weighted by Crippen LogP contribution is -2.33. The molecule has 0 saturated heterocycles. The lowest BCUT2D eigenvalue weighted by molar-refractivity contribution is -0.116. The van der Waals surface area contributed by atoms with Crippen LogP contribution in [0.1, 0.15) is 11.1 Å². The van der Waals surface area contributed by atoms with E-state index in [-0.39, 0.29) is 17.8 Å². The highest BCUT2D eigenvalue weighted by Gasteiger charge is 2.26. The van der Waals surface area contributed by atoms with Crippen molar-refractivity contribution in [2.75, 3.05) is 10.6 Å². The predicted octanol–water partition coefficient (Wildman–Crippen LogP) is 3.11. The summed E-state index contributed by atoms with van der Waals surface area (Å²) in [7, 11) is 0. The fourth-order valence-corrected chi connectivity index (χ4v) is 2.44. The Balaban J connectivity index is 1.72. The number of rotatable bonds is 2. The Morgan fingerprint density at radius 2 is 2.10 bits per heavy atom. The first-order valence-electron chi connectivity index (χ1n) is 6.55. The Morgan fingerprint density at radius 3 is 2.85 bits per heavy atom. The van der Waals surface area contributed by atoms with Gasteiger partial charge in [0.15, 0.2) is 0 Å². The van der Waals surface area contributed by atoms with Gasteiger partial charge in [0.25, 0.3) is 0 Å². The highest BCUT2D eigenvalue weighted by Crippen LogP contribution is 2.26. The lowest BCUT2D eigenvalue weighted by Gasteiger charge is -2.13. The van der Waals surface area contributed by atoms with Crippen molar-refractivity contribution in [3.05, 3.63) is 59.4 Å². The monoisotopic (exact) mass is 270 g/mol. The molecule has 1 heterocycles. The Labute approximate surface area is 116 Å². The number of carbonyl (C=O) groups is 1. The Morgan fingerprint density at radius 1 is 1.30 bits per heavy atom. The van der Waals surface area contributed by atoms with Crippen molar-refractivity contribution in [1.29, 1.82) is 0 Å². The summed E-state index contributed by atoms with van der Waals surface area (Å²) in [5.41, 5.74) is 3.51. The van der Waals surface area contributed by atoms with Crippen molar-refractivity contribution in [1.82, 2.24) is 0 Å². The largest absolute Gasteiger partial charge is 0.373 e. The number of fused-ring (bicyclic) bond motifs is 1. The fraction of sp³-hybridized carbons (Fsp3) is 0.188. The topological polar surface area (TPSA) is 41.1 Å². The van der Waals surface area contributed by atoms with Gasteiger partial charge in [-0.05, 0) is 42.3 Å². The summed E-state index contributed by atoms with van der Waals surface area (Å²) in [5.74, 6) is -0.400. The highest BCUT2D eigenvalue weighted by molar-refractivity contribution is 5.98. The second-order valence-electron chi connectivity index (χ2n) is 5.01.